The maximum Gasteiger partial charge on any atom is 0.307 e. The Balaban J connectivity index is 1.89. The summed E-state index contributed by atoms with van der Waals surface area (Å²) in [4.78, 5) is 23.1. The van der Waals surface area contributed by atoms with E-state index in [1.807, 2.05) is 0 Å². The van der Waals surface area contributed by atoms with Crippen LogP contribution >= 0.6 is 0 Å². The average molecular weight is 323 g/mol. The van der Waals surface area contributed by atoms with Crippen LogP contribution in [0.1, 0.15) is 75.3 Å². The summed E-state index contributed by atoms with van der Waals surface area (Å²) in [7, 11) is 0. The van der Waals surface area contributed by atoms with Crippen molar-refractivity contribution in [3.05, 3.63) is 24.2 Å². The van der Waals surface area contributed by atoms with Gasteiger partial charge < -0.3 is 14.5 Å². The number of esters is 1. The van der Waals surface area contributed by atoms with Gasteiger partial charge in [0.15, 0.2) is 5.76 Å². The summed E-state index contributed by atoms with van der Waals surface area (Å²) >= 11 is 0. The molecule has 0 fully saturated rings. The van der Waals surface area contributed by atoms with Crippen molar-refractivity contribution < 1.29 is 18.7 Å². The molecule has 5 heteroatoms. The van der Waals surface area contributed by atoms with E-state index < -0.39 is 0 Å². The van der Waals surface area contributed by atoms with E-state index in [-0.39, 0.29) is 30.6 Å². The molecule has 1 aromatic rings. The summed E-state index contributed by atoms with van der Waals surface area (Å²) in [5.41, 5.74) is 0. The molecule has 0 saturated heterocycles. The highest BCUT2D eigenvalue weighted by molar-refractivity contribution is 5.91. The predicted molar refractivity (Wildman–Crippen MR) is 89.2 cm³/mol. The Morgan fingerprint density at radius 3 is 2.43 bits per heavy atom. The third-order valence-electron chi connectivity index (χ3n) is 3.62. The molecule has 0 aliphatic heterocycles. The second kappa shape index (κ2) is 12.7. The fourth-order valence-electron chi connectivity index (χ4n) is 2.27. The second-order valence-electron chi connectivity index (χ2n) is 5.68. The highest BCUT2D eigenvalue weighted by Crippen LogP contribution is 2.08. The van der Waals surface area contributed by atoms with Gasteiger partial charge in [0, 0.05) is 6.54 Å². The number of nitrogens with one attached hydrogen (secondary N) is 1. The molecule has 0 saturated carbocycles. The summed E-state index contributed by atoms with van der Waals surface area (Å²) in [6.07, 6.45) is 11.4. The van der Waals surface area contributed by atoms with Crippen LogP contribution in [0.2, 0.25) is 0 Å². The Bertz CT molecular complexity index is 428. The van der Waals surface area contributed by atoms with Crippen molar-refractivity contribution in [1.82, 2.24) is 5.32 Å². The quantitative estimate of drug-likeness (QED) is 0.438. The number of ether oxygens (including phenoxy) is 1. The highest BCUT2D eigenvalue weighted by atomic mass is 16.5. The van der Waals surface area contributed by atoms with E-state index in [0.29, 0.717) is 6.61 Å². The summed E-state index contributed by atoms with van der Waals surface area (Å²) < 4.78 is 10.1. The van der Waals surface area contributed by atoms with Crippen LogP contribution in [0.15, 0.2) is 22.8 Å². The summed E-state index contributed by atoms with van der Waals surface area (Å²) in [6.45, 7) is 2.95. The third kappa shape index (κ3) is 9.76. The number of unbranched alkanes of at least 4 members (excludes halogenated alkanes) is 7. The number of carbonyl (C=O) groups is 2. The molecule has 0 aliphatic carbocycles. The topological polar surface area (TPSA) is 68.5 Å². The monoisotopic (exact) mass is 323 g/mol. The Kier molecular flexibility index (Phi) is 10.7. The van der Waals surface area contributed by atoms with Crippen LogP contribution in [0.4, 0.5) is 0 Å². The Hall–Kier alpha value is -1.78. The molecule has 0 atom stereocenters. The number of amides is 1. The molecule has 0 bridgehead atoms. The highest BCUT2D eigenvalue weighted by Gasteiger charge is 2.09. The first-order valence-corrected chi connectivity index (χ1v) is 8.71. The molecule has 0 spiro atoms. The Labute approximate surface area is 138 Å². The second-order valence-corrected chi connectivity index (χ2v) is 5.68. The smallest absolute Gasteiger partial charge is 0.307 e. The molecule has 1 heterocycles. The van der Waals surface area contributed by atoms with E-state index in [2.05, 4.69) is 12.2 Å². The molecule has 1 N–H and O–H groups in total. The van der Waals surface area contributed by atoms with Gasteiger partial charge in [0.25, 0.3) is 5.91 Å². The van der Waals surface area contributed by atoms with E-state index >= 15 is 0 Å². The third-order valence-corrected chi connectivity index (χ3v) is 3.62. The maximum atomic E-state index is 11.6. The van der Waals surface area contributed by atoms with Crippen molar-refractivity contribution in [3.63, 3.8) is 0 Å². The van der Waals surface area contributed by atoms with E-state index in [1.165, 1.54) is 44.8 Å². The molecule has 0 radical (unpaired) electrons. The minimum absolute atomic E-state index is 0.184. The van der Waals surface area contributed by atoms with Crippen LogP contribution < -0.4 is 5.32 Å². The zero-order valence-corrected chi connectivity index (χ0v) is 14.1. The molecule has 1 aromatic heterocycles. The molecule has 1 rings (SSSR count). The van der Waals surface area contributed by atoms with Crippen molar-refractivity contribution in [2.75, 3.05) is 13.2 Å². The zero-order chi connectivity index (χ0) is 16.8. The minimum Gasteiger partial charge on any atom is -0.466 e. The molecule has 1 amide bonds. The zero-order valence-electron chi connectivity index (χ0n) is 14.1. The summed E-state index contributed by atoms with van der Waals surface area (Å²) in [5, 5.41) is 2.62. The van der Waals surface area contributed by atoms with Gasteiger partial charge in [0.2, 0.25) is 0 Å². The molecular formula is C18H29NO4. The van der Waals surface area contributed by atoms with Crippen molar-refractivity contribution in [2.45, 2.75) is 64.7 Å². The lowest BCUT2D eigenvalue weighted by Gasteiger charge is -2.06. The lowest BCUT2D eigenvalue weighted by molar-refractivity contribution is -0.143. The van der Waals surface area contributed by atoms with Gasteiger partial charge in [-0.1, -0.05) is 51.9 Å². The molecule has 0 aliphatic rings. The Morgan fingerprint density at radius 2 is 1.78 bits per heavy atom. The molecule has 23 heavy (non-hydrogen) atoms. The number of hydrogen-bond acceptors (Lipinski definition) is 4. The molecule has 5 nitrogen and oxygen atoms in total. The lowest BCUT2D eigenvalue weighted by Crippen LogP contribution is -2.26. The van der Waals surface area contributed by atoms with E-state index in [1.54, 1.807) is 12.1 Å². The Morgan fingerprint density at radius 1 is 1.09 bits per heavy atom. The van der Waals surface area contributed by atoms with Gasteiger partial charge in [-0.2, -0.15) is 0 Å². The number of rotatable bonds is 13. The first-order chi connectivity index (χ1) is 11.2. The van der Waals surface area contributed by atoms with Gasteiger partial charge in [0.1, 0.15) is 0 Å². The summed E-state index contributed by atoms with van der Waals surface area (Å²) in [6, 6.07) is 3.23. The van der Waals surface area contributed by atoms with Gasteiger partial charge in [-0.15, -0.1) is 0 Å². The average Bonchev–Trinajstić information content (AvgIpc) is 3.08. The van der Waals surface area contributed by atoms with Crippen molar-refractivity contribution >= 4 is 11.9 Å². The molecular weight excluding hydrogens is 294 g/mol. The maximum absolute atomic E-state index is 11.6. The van der Waals surface area contributed by atoms with Crippen LogP contribution in [0.5, 0.6) is 0 Å². The van der Waals surface area contributed by atoms with Crippen LogP contribution in [0, 0.1) is 0 Å². The van der Waals surface area contributed by atoms with Crippen molar-refractivity contribution in [2.24, 2.45) is 0 Å². The largest absolute Gasteiger partial charge is 0.466 e. The van der Waals surface area contributed by atoms with Crippen LogP contribution in [-0.2, 0) is 9.53 Å². The number of furan rings is 1. The fourth-order valence-corrected chi connectivity index (χ4v) is 2.27. The van der Waals surface area contributed by atoms with Crippen molar-refractivity contribution in [1.29, 1.82) is 0 Å². The predicted octanol–water partition coefficient (Wildman–Crippen LogP) is 4.08. The van der Waals surface area contributed by atoms with Crippen LogP contribution in [-0.4, -0.2) is 25.0 Å². The van der Waals surface area contributed by atoms with Crippen LogP contribution in [0.3, 0.4) is 0 Å². The van der Waals surface area contributed by atoms with E-state index in [9.17, 15) is 9.59 Å². The molecule has 130 valence electrons. The van der Waals surface area contributed by atoms with E-state index in [4.69, 9.17) is 9.15 Å². The van der Waals surface area contributed by atoms with E-state index in [0.717, 1.165) is 12.8 Å². The SMILES string of the molecule is CCCCCCCCCCOC(=O)CCNC(=O)c1ccco1. The molecule has 0 unspecified atom stereocenters. The standard InChI is InChI=1S/C18H29NO4/c1-2-3-4-5-6-7-8-9-14-23-17(20)12-13-19-18(21)16-11-10-15-22-16/h10-11,15H,2-9,12-14H2,1H3,(H,19,21). The van der Waals surface area contributed by atoms with Gasteiger partial charge in [0.05, 0.1) is 19.3 Å². The van der Waals surface area contributed by atoms with Gasteiger partial charge in [-0.25, -0.2) is 0 Å². The summed E-state index contributed by atoms with van der Waals surface area (Å²) in [5.74, 6) is -0.337. The fraction of sp³-hybridized carbons (Fsp3) is 0.667. The van der Waals surface area contributed by atoms with Crippen LogP contribution in [0.25, 0.3) is 0 Å². The molecule has 0 aromatic carbocycles. The first kappa shape index (κ1) is 19.3. The minimum atomic E-state index is -0.314. The normalized spacial score (nSPS) is 10.5. The number of carbonyl (C=O) groups excluding carboxylic acids is 2. The number of hydrogen-bond donors (Lipinski definition) is 1. The van der Waals surface area contributed by atoms with Gasteiger partial charge in [-0.05, 0) is 18.6 Å². The lowest BCUT2D eigenvalue weighted by atomic mass is 10.1. The van der Waals surface area contributed by atoms with Gasteiger partial charge in [-0.3, -0.25) is 9.59 Å². The van der Waals surface area contributed by atoms with Crippen molar-refractivity contribution in [3.8, 4) is 0 Å². The van der Waals surface area contributed by atoms with Gasteiger partial charge >= 0.3 is 5.97 Å². The first-order valence-electron chi connectivity index (χ1n) is 8.71.